The summed E-state index contributed by atoms with van der Waals surface area (Å²) in [4.78, 5) is 0. The molecule has 0 unspecified atom stereocenters. The van der Waals surface area contributed by atoms with Crippen LogP contribution in [0.3, 0.4) is 0 Å². The molecule has 5 heteroatoms. The van der Waals surface area contributed by atoms with Gasteiger partial charge in [0.25, 0.3) is 0 Å². The number of hydrogen-bond acceptors (Lipinski definition) is 4. The molecule has 1 saturated carbocycles. The van der Waals surface area contributed by atoms with Crippen LogP contribution in [0.25, 0.3) is 11.4 Å². The summed E-state index contributed by atoms with van der Waals surface area (Å²) < 4.78 is 1.70. The van der Waals surface area contributed by atoms with Gasteiger partial charge in [-0.05, 0) is 35.4 Å². The molecule has 0 bridgehead atoms. The quantitative estimate of drug-likeness (QED) is 0.939. The molecule has 1 heterocycles. The first-order valence-electron chi connectivity index (χ1n) is 7.92. The topological polar surface area (TPSA) is 55.6 Å². The molecular weight excluding hydrogens is 262 g/mol. The molecule has 0 aliphatic heterocycles. The second-order valence-electron chi connectivity index (χ2n) is 5.89. The van der Waals surface area contributed by atoms with Gasteiger partial charge in [0.05, 0.1) is 0 Å². The highest BCUT2D eigenvalue weighted by molar-refractivity contribution is 5.62. The molecular formula is C16H23N5. The van der Waals surface area contributed by atoms with Crippen LogP contribution in [-0.2, 0) is 7.05 Å². The number of nitrogens with one attached hydrogen (secondary N) is 1. The van der Waals surface area contributed by atoms with Crippen molar-refractivity contribution in [2.75, 3.05) is 5.32 Å². The molecule has 21 heavy (non-hydrogen) atoms. The Morgan fingerprint density at radius 3 is 2.57 bits per heavy atom. The van der Waals surface area contributed by atoms with Crippen molar-refractivity contribution in [1.82, 2.24) is 20.2 Å². The summed E-state index contributed by atoms with van der Waals surface area (Å²) in [6.07, 6.45) is 9.38. The van der Waals surface area contributed by atoms with E-state index < -0.39 is 0 Å². The van der Waals surface area contributed by atoms with Crippen molar-refractivity contribution in [3.8, 4) is 11.4 Å². The lowest BCUT2D eigenvalue weighted by molar-refractivity contribution is 0.471. The molecule has 0 atom stereocenters. The van der Waals surface area contributed by atoms with Gasteiger partial charge in [-0.2, -0.15) is 0 Å². The van der Waals surface area contributed by atoms with Gasteiger partial charge in [-0.15, -0.1) is 5.10 Å². The van der Waals surface area contributed by atoms with E-state index in [0.717, 1.165) is 11.4 Å². The third-order valence-electron chi connectivity index (χ3n) is 4.22. The number of hydrogen-bond donors (Lipinski definition) is 1. The Morgan fingerprint density at radius 1 is 1.10 bits per heavy atom. The van der Waals surface area contributed by atoms with Crippen molar-refractivity contribution in [2.24, 2.45) is 7.05 Å². The van der Waals surface area contributed by atoms with Gasteiger partial charge in [0, 0.05) is 24.3 Å². The third kappa shape index (κ3) is 3.60. The van der Waals surface area contributed by atoms with Crippen LogP contribution in [-0.4, -0.2) is 26.2 Å². The minimum atomic E-state index is 0.596. The maximum absolute atomic E-state index is 4.08. The molecule has 0 spiro atoms. The zero-order chi connectivity index (χ0) is 14.5. The average molecular weight is 285 g/mol. The first kappa shape index (κ1) is 14.0. The van der Waals surface area contributed by atoms with Gasteiger partial charge < -0.3 is 5.32 Å². The molecule has 0 amide bonds. The fourth-order valence-electron chi connectivity index (χ4n) is 3.06. The number of aryl methyl sites for hydroxylation is 1. The normalized spacial score (nSPS) is 17.2. The fourth-order valence-corrected chi connectivity index (χ4v) is 3.06. The Morgan fingerprint density at radius 2 is 1.86 bits per heavy atom. The van der Waals surface area contributed by atoms with E-state index in [1.54, 1.807) is 4.68 Å². The molecule has 1 aliphatic rings. The highest BCUT2D eigenvalue weighted by Crippen LogP contribution is 2.23. The highest BCUT2D eigenvalue weighted by Gasteiger charge is 2.12. The number of nitrogens with zero attached hydrogens (tertiary/aromatic N) is 4. The van der Waals surface area contributed by atoms with Gasteiger partial charge in [-0.25, -0.2) is 4.68 Å². The zero-order valence-electron chi connectivity index (χ0n) is 12.6. The lowest BCUT2D eigenvalue weighted by Gasteiger charge is -2.22. The predicted molar refractivity (Wildman–Crippen MR) is 84.0 cm³/mol. The summed E-state index contributed by atoms with van der Waals surface area (Å²) >= 11 is 0. The smallest absolute Gasteiger partial charge is 0.181 e. The summed E-state index contributed by atoms with van der Waals surface area (Å²) in [6.45, 7) is 0. The van der Waals surface area contributed by atoms with Crippen molar-refractivity contribution in [3.63, 3.8) is 0 Å². The highest BCUT2D eigenvalue weighted by atomic mass is 15.5. The van der Waals surface area contributed by atoms with Crippen molar-refractivity contribution < 1.29 is 0 Å². The molecule has 1 aromatic heterocycles. The van der Waals surface area contributed by atoms with Crippen molar-refractivity contribution in [3.05, 3.63) is 24.3 Å². The van der Waals surface area contributed by atoms with Gasteiger partial charge in [-0.3, -0.25) is 0 Å². The second-order valence-corrected chi connectivity index (χ2v) is 5.89. The first-order valence-corrected chi connectivity index (χ1v) is 7.92. The van der Waals surface area contributed by atoms with Crippen LogP contribution < -0.4 is 5.32 Å². The Labute approximate surface area is 125 Å². The zero-order valence-corrected chi connectivity index (χ0v) is 12.6. The number of anilines is 1. The largest absolute Gasteiger partial charge is 0.382 e. The van der Waals surface area contributed by atoms with Crippen molar-refractivity contribution >= 4 is 5.69 Å². The van der Waals surface area contributed by atoms with Crippen LogP contribution in [0.1, 0.15) is 44.9 Å². The molecule has 112 valence electrons. The van der Waals surface area contributed by atoms with Gasteiger partial charge >= 0.3 is 0 Å². The van der Waals surface area contributed by atoms with Crippen LogP contribution in [0.5, 0.6) is 0 Å². The molecule has 1 fully saturated rings. The van der Waals surface area contributed by atoms with Crippen LogP contribution in [0.2, 0.25) is 0 Å². The molecule has 1 N–H and O–H groups in total. The molecule has 1 aliphatic carbocycles. The molecule has 5 nitrogen and oxygen atoms in total. The van der Waals surface area contributed by atoms with E-state index in [0.29, 0.717) is 6.04 Å². The Kier molecular flexibility index (Phi) is 4.48. The van der Waals surface area contributed by atoms with Crippen LogP contribution in [0, 0.1) is 0 Å². The first-order chi connectivity index (χ1) is 10.3. The van der Waals surface area contributed by atoms with E-state index >= 15 is 0 Å². The lowest BCUT2D eigenvalue weighted by atomic mass is 9.96. The minimum absolute atomic E-state index is 0.596. The molecule has 2 aromatic rings. The fraction of sp³-hybridized carbons (Fsp3) is 0.562. The van der Waals surface area contributed by atoms with Gasteiger partial charge in [-0.1, -0.05) is 44.2 Å². The number of tetrazole rings is 1. The van der Waals surface area contributed by atoms with Gasteiger partial charge in [0.2, 0.25) is 0 Å². The Bertz CT molecular complexity index is 570. The summed E-state index contributed by atoms with van der Waals surface area (Å²) in [5.74, 6) is 0.802. The van der Waals surface area contributed by atoms with E-state index in [-0.39, 0.29) is 0 Å². The summed E-state index contributed by atoms with van der Waals surface area (Å²) in [5.41, 5.74) is 2.22. The summed E-state index contributed by atoms with van der Waals surface area (Å²) in [5, 5.41) is 15.4. The van der Waals surface area contributed by atoms with Gasteiger partial charge in [0.1, 0.15) is 0 Å². The Balaban J connectivity index is 1.72. The van der Waals surface area contributed by atoms with Crippen LogP contribution in [0.4, 0.5) is 5.69 Å². The van der Waals surface area contributed by atoms with E-state index in [1.807, 2.05) is 7.05 Å². The standard InChI is InChI=1S/C16H23N5/c1-21-16(18-19-20-21)13-8-7-11-15(12-13)17-14-9-5-3-2-4-6-10-14/h7-8,11-12,14,17H,2-6,9-10H2,1H3. The Hall–Kier alpha value is -1.91. The van der Waals surface area contributed by atoms with E-state index in [4.69, 9.17) is 0 Å². The molecule has 0 radical (unpaired) electrons. The van der Waals surface area contributed by atoms with Gasteiger partial charge in [0.15, 0.2) is 5.82 Å². The predicted octanol–water partition coefficient (Wildman–Crippen LogP) is 3.40. The lowest BCUT2D eigenvalue weighted by Crippen LogP contribution is -2.20. The molecule has 3 rings (SSSR count). The molecule has 1 aromatic carbocycles. The monoisotopic (exact) mass is 285 g/mol. The van der Waals surface area contributed by atoms with Crippen LogP contribution >= 0.6 is 0 Å². The third-order valence-corrected chi connectivity index (χ3v) is 4.22. The summed E-state index contributed by atoms with van der Waals surface area (Å²) in [7, 11) is 1.87. The maximum atomic E-state index is 4.08. The number of benzene rings is 1. The SMILES string of the molecule is Cn1nnnc1-c1cccc(NC2CCCCCCC2)c1. The van der Waals surface area contributed by atoms with E-state index in [2.05, 4.69) is 45.1 Å². The maximum Gasteiger partial charge on any atom is 0.181 e. The van der Waals surface area contributed by atoms with Crippen molar-refractivity contribution in [2.45, 2.75) is 51.0 Å². The molecule has 0 saturated heterocycles. The van der Waals surface area contributed by atoms with Crippen LogP contribution in [0.15, 0.2) is 24.3 Å². The van der Waals surface area contributed by atoms with Crippen molar-refractivity contribution in [1.29, 1.82) is 0 Å². The average Bonchev–Trinajstić information content (AvgIpc) is 2.88. The summed E-state index contributed by atoms with van der Waals surface area (Å²) in [6, 6.07) is 8.99. The van der Waals surface area contributed by atoms with E-state index in [1.165, 1.54) is 50.6 Å². The minimum Gasteiger partial charge on any atom is -0.382 e. The second kappa shape index (κ2) is 6.70. The number of rotatable bonds is 3. The number of aromatic nitrogens is 4. The van der Waals surface area contributed by atoms with E-state index in [9.17, 15) is 0 Å².